The van der Waals surface area contributed by atoms with E-state index in [1.165, 1.54) is 17.8 Å². The van der Waals surface area contributed by atoms with Gasteiger partial charge < -0.3 is 14.2 Å². The van der Waals surface area contributed by atoms with Crippen LogP contribution in [0.2, 0.25) is 0 Å². The summed E-state index contributed by atoms with van der Waals surface area (Å²) in [5.74, 6) is -1.85. The van der Waals surface area contributed by atoms with Crippen LogP contribution in [0.1, 0.15) is 46.1 Å². The minimum atomic E-state index is -0.893. The molecule has 0 saturated carbocycles. The van der Waals surface area contributed by atoms with Gasteiger partial charge in [0.05, 0.1) is 28.7 Å². The van der Waals surface area contributed by atoms with Crippen LogP contribution in [0.3, 0.4) is 0 Å². The summed E-state index contributed by atoms with van der Waals surface area (Å²) >= 11 is 1.46. The molecule has 11 heteroatoms. The lowest BCUT2D eigenvalue weighted by Crippen LogP contribution is -2.68. The molecule has 2 saturated heterocycles. The third kappa shape index (κ3) is 3.39. The molecule has 0 N–H and O–H groups in total. The van der Waals surface area contributed by atoms with Crippen molar-refractivity contribution in [2.24, 2.45) is 5.41 Å². The average molecular weight is 556 g/mol. The van der Waals surface area contributed by atoms with Gasteiger partial charge in [-0.3, -0.25) is 19.3 Å². The standard InChI is InChI=1S/C27H24F2N3O4PS/c28-18-6-5-15-17(22(18)29)12-38-20-4-2-1-3-16(20)23(15)32-21-11-27(13-35-14-27)8-10-30(21)26(34)24-25(36-37)19(33)7-9-31(24)32/h1-7,9,21,23H,8,10-14,37H2/t21-,23+/m1/s1. The van der Waals surface area contributed by atoms with Crippen molar-refractivity contribution in [1.29, 1.82) is 0 Å². The number of fused-ring (bicyclic) bond motifs is 4. The van der Waals surface area contributed by atoms with Gasteiger partial charge in [-0.05, 0) is 36.1 Å². The van der Waals surface area contributed by atoms with Gasteiger partial charge in [0.15, 0.2) is 17.3 Å². The molecule has 2 fully saturated rings. The molecule has 38 heavy (non-hydrogen) atoms. The number of carbonyl (C=O) groups excluding carboxylic acids is 1. The number of benzene rings is 2. The Bertz CT molecular complexity index is 1550. The number of ether oxygens (including phenoxy) is 1. The molecule has 7 nitrogen and oxygen atoms in total. The summed E-state index contributed by atoms with van der Waals surface area (Å²) in [5.41, 5.74) is 1.47. The van der Waals surface area contributed by atoms with Gasteiger partial charge in [0, 0.05) is 40.4 Å². The topological polar surface area (TPSA) is 64.0 Å². The quantitative estimate of drug-likeness (QED) is 0.442. The van der Waals surface area contributed by atoms with Gasteiger partial charge in [-0.15, -0.1) is 11.8 Å². The molecule has 7 rings (SSSR count). The number of piperidine rings is 1. The smallest absolute Gasteiger partial charge is 0.278 e. The van der Waals surface area contributed by atoms with Crippen molar-refractivity contribution in [3.05, 3.63) is 92.9 Å². The van der Waals surface area contributed by atoms with E-state index in [0.29, 0.717) is 37.3 Å². The van der Waals surface area contributed by atoms with E-state index in [0.717, 1.165) is 22.9 Å². The molecule has 1 aromatic heterocycles. The van der Waals surface area contributed by atoms with Crippen LogP contribution in [0, 0.1) is 17.0 Å². The maximum absolute atomic E-state index is 15.3. The highest BCUT2D eigenvalue weighted by Crippen LogP contribution is 2.49. The number of carbonyl (C=O) groups is 1. The summed E-state index contributed by atoms with van der Waals surface area (Å²) in [5, 5.41) is 2.05. The second-order valence-corrected chi connectivity index (χ2v) is 11.5. The fraction of sp³-hybridized carbons (Fsp3) is 0.333. The van der Waals surface area contributed by atoms with Crippen LogP contribution in [0.5, 0.6) is 5.75 Å². The lowest BCUT2D eigenvalue weighted by Gasteiger charge is -2.57. The van der Waals surface area contributed by atoms with E-state index in [1.807, 2.05) is 29.3 Å². The van der Waals surface area contributed by atoms with Crippen molar-refractivity contribution in [3.8, 4) is 5.75 Å². The van der Waals surface area contributed by atoms with E-state index in [2.05, 4.69) is 9.47 Å². The molecule has 4 aliphatic rings. The Hall–Kier alpha value is -2.94. The highest BCUT2D eigenvalue weighted by Gasteiger charge is 2.53. The van der Waals surface area contributed by atoms with Gasteiger partial charge >= 0.3 is 0 Å². The lowest BCUT2D eigenvalue weighted by molar-refractivity contribution is -0.150. The highest BCUT2D eigenvalue weighted by molar-refractivity contribution is 7.98. The first-order valence-corrected chi connectivity index (χ1v) is 13.9. The maximum atomic E-state index is 15.3. The SMILES string of the molecule is O=C1c2c(OP)c(=O)ccn2N([C@@H]2c3ccccc3SCc3c2ccc(F)c3F)[C@@H]2CC3(CCN12)COC3. The van der Waals surface area contributed by atoms with E-state index in [1.54, 1.807) is 21.8 Å². The summed E-state index contributed by atoms with van der Waals surface area (Å²) in [4.78, 5) is 29.4. The van der Waals surface area contributed by atoms with Crippen molar-refractivity contribution in [1.82, 2.24) is 9.58 Å². The molecule has 3 atom stereocenters. The Labute approximate surface area is 224 Å². The first kappa shape index (κ1) is 24.1. The first-order valence-electron chi connectivity index (χ1n) is 12.4. The minimum absolute atomic E-state index is 0.0634. The molecule has 0 radical (unpaired) electrons. The number of amides is 1. The number of aromatic nitrogens is 1. The number of halogens is 2. The molecule has 0 aliphatic carbocycles. The number of pyridine rings is 1. The van der Waals surface area contributed by atoms with Crippen molar-refractivity contribution in [2.75, 3.05) is 24.8 Å². The molecule has 1 unspecified atom stereocenters. The average Bonchev–Trinajstić information content (AvgIpc) is 3.07. The molecule has 2 aromatic carbocycles. The summed E-state index contributed by atoms with van der Waals surface area (Å²) in [6, 6.07) is 11.4. The fourth-order valence-electron chi connectivity index (χ4n) is 6.27. The molecule has 1 amide bonds. The van der Waals surface area contributed by atoms with E-state index in [4.69, 9.17) is 9.26 Å². The Balaban J connectivity index is 1.53. The van der Waals surface area contributed by atoms with Gasteiger partial charge in [0.25, 0.3) is 5.91 Å². The number of nitrogens with zero attached hydrogens (tertiary/aromatic N) is 3. The minimum Gasteiger partial charge on any atom is -0.474 e. The van der Waals surface area contributed by atoms with Crippen LogP contribution in [-0.4, -0.2) is 41.4 Å². The second kappa shape index (κ2) is 8.79. The fourth-order valence-corrected chi connectivity index (χ4v) is 7.61. The Morgan fingerprint density at radius 2 is 1.89 bits per heavy atom. The Kier molecular flexibility index (Phi) is 5.58. The van der Waals surface area contributed by atoms with Crippen molar-refractivity contribution in [3.63, 3.8) is 0 Å². The van der Waals surface area contributed by atoms with Gasteiger partial charge in [0.1, 0.15) is 6.17 Å². The van der Waals surface area contributed by atoms with Crippen LogP contribution < -0.4 is 15.0 Å². The first-order chi connectivity index (χ1) is 18.4. The van der Waals surface area contributed by atoms with Crippen molar-refractivity contribution >= 4 is 27.1 Å². The van der Waals surface area contributed by atoms with E-state index >= 15 is 4.39 Å². The van der Waals surface area contributed by atoms with E-state index in [9.17, 15) is 14.0 Å². The van der Waals surface area contributed by atoms with Gasteiger partial charge in [-0.25, -0.2) is 8.78 Å². The van der Waals surface area contributed by atoms with Crippen LogP contribution in [0.15, 0.2) is 58.4 Å². The monoisotopic (exact) mass is 555 g/mol. The highest BCUT2D eigenvalue weighted by atomic mass is 32.2. The van der Waals surface area contributed by atoms with Crippen LogP contribution in [-0.2, 0) is 10.5 Å². The normalized spacial score (nSPS) is 23.1. The van der Waals surface area contributed by atoms with Gasteiger partial charge in [-0.2, -0.15) is 0 Å². The molecule has 0 bridgehead atoms. The zero-order valence-electron chi connectivity index (χ0n) is 20.2. The number of hydrogen-bond donors (Lipinski definition) is 0. The zero-order valence-corrected chi connectivity index (χ0v) is 22.2. The summed E-state index contributed by atoms with van der Waals surface area (Å²) < 4.78 is 42.5. The predicted molar refractivity (Wildman–Crippen MR) is 141 cm³/mol. The van der Waals surface area contributed by atoms with E-state index < -0.39 is 29.3 Å². The number of hydrogen-bond acceptors (Lipinski definition) is 6. The molecular weight excluding hydrogens is 531 g/mol. The third-order valence-electron chi connectivity index (χ3n) is 8.22. The van der Waals surface area contributed by atoms with Gasteiger partial charge in [0.2, 0.25) is 11.2 Å². The van der Waals surface area contributed by atoms with Crippen molar-refractivity contribution in [2.45, 2.75) is 35.7 Å². The van der Waals surface area contributed by atoms with Gasteiger partial charge in [-0.1, -0.05) is 24.3 Å². The Morgan fingerprint density at radius 1 is 1.08 bits per heavy atom. The third-order valence-corrected chi connectivity index (χ3v) is 9.57. The second-order valence-electron chi connectivity index (χ2n) is 10.3. The molecular formula is C27H24F2N3O4PS. The molecule has 3 aromatic rings. The largest absolute Gasteiger partial charge is 0.474 e. The van der Waals surface area contributed by atoms with E-state index in [-0.39, 0.29) is 28.5 Å². The molecule has 196 valence electrons. The molecule has 4 aliphatic heterocycles. The summed E-state index contributed by atoms with van der Waals surface area (Å²) in [7, 11) is 2.07. The molecule has 5 heterocycles. The van der Waals surface area contributed by atoms with Crippen LogP contribution in [0.25, 0.3) is 0 Å². The van der Waals surface area contributed by atoms with Crippen LogP contribution in [0.4, 0.5) is 8.78 Å². The molecule has 1 spiro atoms. The summed E-state index contributed by atoms with van der Waals surface area (Å²) in [6.45, 7) is 1.71. The number of thioether (sulfide) groups is 1. The Morgan fingerprint density at radius 3 is 2.66 bits per heavy atom. The number of rotatable bonds is 2. The van der Waals surface area contributed by atoms with Crippen molar-refractivity contribution < 1.29 is 22.8 Å². The zero-order chi connectivity index (χ0) is 26.2. The summed E-state index contributed by atoms with van der Waals surface area (Å²) in [6.07, 6.45) is 2.60. The lowest BCUT2D eigenvalue weighted by atomic mass is 9.74. The predicted octanol–water partition coefficient (Wildman–Crippen LogP) is 4.22. The maximum Gasteiger partial charge on any atom is 0.278 e. The van der Waals surface area contributed by atoms with Crippen LogP contribution >= 0.6 is 21.2 Å².